The number of nitrogens with zero attached hydrogens (tertiary/aromatic N) is 1. The lowest BCUT2D eigenvalue weighted by Gasteiger charge is -2.33. The molecule has 0 aromatic heterocycles. The topological polar surface area (TPSA) is 12.5 Å². The molecule has 0 radical (unpaired) electrons. The SMILES string of the molecule is CC1CC=CC(C2CCN(CCCCOc3ccc(F)c(F)c3)CC2)=C1F. The van der Waals surface area contributed by atoms with E-state index in [0.717, 1.165) is 69.4 Å². The molecular weight excluding hydrogens is 351 g/mol. The first kappa shape index (κ1) is 20.0. The van der Waals surface area contributed by atoms with E-state index in [0.29, 0.717) is 18.3 Å². The lowest BCUT2D eigenvalue weighted by Crippen LogP contribution is -2.35. The smallest absolute Gasteiger partial charge is 0.162 e. The summed E-state index contributed by atoms with van der Waals surface area (Å²) in [6.07, 6.45) is 8.76. The summed E-state index contributed by atoms with van der Waals surface area (Å²) < 4.78 is 45.8. The molecule has 1 saturated heterocycles. The summed E-state index contributed by atoms with van der Waals surface area (Å²) in [5, 5.41) is 0. The largest absolute Gasteiger partial charge is 0.493 e. The zero-order chi connectivity index (χ0) is 19.2. The number of hydrogen-bond donors (Lipinski definition) is 0. The quantitative estimate of drug-likeness (QED) is 0.567. The predicted octanol–water partition coefficient (Wildman–Crippen LogP) is 5.66. The Bertz CT molecular complexity index is 693. The van der Waals surface area contributed by atoms with Gasteiger partial charge in [-0.15, -0.1) is 0 Å². The van der Waals surface area contributed by atoms with E-state index >= 15 is 0 Å². The van der Waals surface area contributed by atoms with Crippen molar-refractivity contribution in [3.63, 3.8) is 0 Å². The van der Waals surface area contributed by atoms with E-state index in [9.17, 15) is 13.2 Å². The fourth-order valence-electron chi connectivity index (χ4n) is 3.86. The van der Waals surface area contributed by atoms with Crippen LogP contribution >= 0.6 is 0 Å². The number of benzene rings is 1. The van der Waals surface area contributed by atoms with Crippen LogP contribution in [0.3, 0.4) is 0 Å². The molecule has 3 rings (SSSR count). The molecule has 1 atom stereocenters. The second kappa shape index (κ2) is 9.45. The summed E-state index contributed by atoms with van der Waals surface area (Å²) in [6, 6.07) is 3.60. The highest BCUT2D eigenvalue weighted by atomic mass is 19.2. The minimum Gasteiger partial charge on any atom is -0.493 e. The summed E-state index contributed by atoms with van der Waals surface area (Å²) in [5.41, 5.74) is 0.924. The van der Waals surface area contributed by atoms with Crippen LogP contribution < -0.4 is 4.74 Å². The first-order valence-electron chi connectivity index (χ1n) is 9.91. The Kier molecular flexibility index (Phi) is 7.00. The Hall–Kier alpha value is -1.75. The van der Waals surface area contributed by atoms with Gasteiger partial charge >= 0.3 is 0 Å². The Labute approximate surface area is 159 Å². The number of unbranched alkanes of at least 4 members (excludes halogenated alkanes) is 1. The van der Waals surface area contributed by atoms with Crippen molar-refractivity contribution in [2.24, 2.45) is 11.8 Å². The monoisotopic (exact) mass is 379 g/mol. The third-order valence-corrected chi connectivity index (χ3v) is 5.55. The van der Waals surface area contributed by atoms with Gasteiger partial charge in [-0.2, -0.15) is 0 Å². The van der Waals surface area contributed by atoms with E-state index < -0.39 is 11.6 Å². The normalized spacial score (nSPS) is 21.7. The number of hydrogen-bond acceptors (Lipinski definition) is 2. The third-order valence-electron chi connectivity index (χ3n) is 5.55. The van der Waals surface area contributed by atoms with Crippen LogP contribution in [-0.4, -0.2) is 31.1 Å². The number of ether oxygens (including phenoxy) is 1. The van der Waals surface area contributed by atoms with Crippen molar-refractivity contribution in [1.29, 1.82) is 0 Å². The molecular formula is C22H28F3NO. The maximum Gasteiger partial charge on any atom is 0.162 e. The van der Waals surface area contributed by atoms with E-state index in [2.05, 4.69) is 11.0 Å². The van der Waals surface area contributed by atoms with E-state index in [1.807, 2.05) is 13.0 Å². The van der Waals surface area contributed by atoms with Gasteiger partial charge in [0.2, 0.25) is 0 Å². The Balaban J connectivity index is 1.33. The van der Waals surface area contributed by atoms with Crippen molar-refractivity contribution < 1.29 is 17.9 Å². The Morgan fingerprint density at radius 3 is 2.59 bits per heavy atom. The zero-order valence-corrected chi connectivity index (χ0v) is 15.9. The molecule has 148 valence electrons. The van der Waals surface area contributed by atoms with Crippen LogP contribution in [-0.2, 0) is 0 Å². The van der Waals surface area contributed by atoms with Gasteiger partial charge < -0.3 is 9.64 Å². The lowest BCUT2D eigenvalue weighted by atomic mass is 9.83. The number of piperidine rings is 1. The highest BCUT2D eigenvalue weighted by molar-refractivity contribution is 5.30. The molecule has 1 aromatic rings. The lowest BCUT2D eigenvalue weighted by molar-refractivity contribution is 0.189. The van der Waals surface area contributed by atoms with Gasteiger partial charge in [0.15, 0.2) is 11.6 Å². The average Bonchev–Trinajstić information content (AvgIpc) is 2.67. The van der Waals surface area contributed by atoms with Crippen LogP contribution in [0.5, 0.6) is 5.75 Å². The van der Waals surface area contributed by atoms with Crippen LogP contribution in [0.25, 0.3) is 0 Å². The molecule has 0 amide bonds. The molecule has 1 unspecified atom stereocenters. The van der Waals surface area contributed by atoms with Gasteiger partial charge in [-0.1, -0.05) is 19.1 Å². The molecule has 1 fully saturated rings. The fraction of sp³-hybridized carbons (Fsp3) is 0.545. The zero-order valence-electron chi connectivity index (χ0n) is 15.9. The van der Waals surface area contributed by atoms with Crippen LogP contribution in [0.1, 0.15) is 39.0 Å². The second-order valence-corrected chi connectivity index (χ2v) is 7.59. The molecule has 1 heterocycles. The molecule has 1 aromatic carbocycles. The maximum absolute atomic E-state index is 14.4. The molecule has 2 nitrogen and oxygen atoms in total. The van der Waals surface area contributed by atoms with Gasteiger partial charge in [0.1, 0.15) is 11.6 Å². The van der Waals surface area contributed by atoms with Crippen LogP contribution in [0.15, 0.2) is 41.8 Å². The van der Waals surface area contributed by atoms with Gasteiger partial charge in [0, 0.05) is 12.0 Å². The molecule has 5 heteroatoms. The van der Waals surface area contributed by atoms with Gasteiger partial charge in [-0.05, 0) is 75.4 Å². The Morgan fingerprint density at radius 2 is 1.85 bits per heavy atom. The Morgan fingerprint density at radius 1 is 1.07 bits per heavy atom. The van der Waals surface area contributed by atoms with Gasteiger partial charge in [0.25, 0.3) is 0 Å². The standard InChI is InChI=1S/C22H28F3NO/c1-16-5-4-6-19(22(16)25)17-9-12-26(13-10-17)11-2-3-14-27-18-7-8-20(23)21(24)15-18/h4,6-8,15-17H,2-3,5,9-14H2,1H3. The van der Waals surface area contributed by atoms with Crippen molar-refractivity contribution in [2.75, 3.05) is 26.2 Å². The maximum atomic E-state index is 14.4. The summed E-state index contributed by atoms with van der Waals surface area (Å²) in [4.78, 5) is 2.42. The molecule has 1 aliphatic carbocycles. The highest BCUT2D eigenvalue weighted by Crippen LogP contribution is 2.35. The molecule has 0 spiro atoms. The van der Waals surface area contributed by atoms with Crippen molar-refractivity contribution in [3.8, 4) is 5.75 Å². The first-order chi connectivity index (χ1) is 13.0. The van der Waals surface area contributed by atoms with Crippen molar-refractivity contribution in [2.45, 2.75) is 39.0 Å². The summed E-state index contributed by atoms with van der Waals surface area (Å²) in [5.74, 6) is -0.927. The van der Waals surface area contributed by atoms with Crippen molar-refractivity contribution in [1.82, 2.24) is 4.90 Å². The molecule has 0 saturated carbocycles. The number of halogens is 3. The van der Waals surface area contributed by atoms with Crippen LogP contribution in [0.2, 0.25) is 0 Å². The fourth-order valence-corrected chi connectivity index (χ4v) is 3.86. The van der Waals surface area contributed by atoms with E-state index in [-0.39, 0.29) is 11.7 Å². The van der Waals surface area contributed by atoms with E-state index in [1.165, 1.54) is 6.07 Å². The number of likely N-dealkylation sites (tertiary alicyclic amines) is 1. The van der Waals surface area contributed by atoms with Crippen LogP contribution in [0.4, 0.5) is 13.2 Å². The van der Waals surface area contributed by atoms with E-state index in [4.69, 9.17) is 4.74 Å². The predicted molar refractivity (Wildman–Crippen MR) is 101 cm³/mol. The summed E-state index contributed by atoms with van der Waals surface area (Å²) >= 11 is 0. The molecule has 0 N–H and O–H groups in total. The average molecular weight is 379 g/mol. The molecule has 0 bridgehead atoms. The summed E-state index contributed by atoms with van der Waals surface area (Å²) in [7, 11) is 0. The molecule has 2 aliphatic rings. The van der Waals surface area contributed by atoms with Gasteiger partial charge in [-0.25, -0.2) is 13.2 Å². The summed E-state index contributed by atoms with van der Waals surface area (Å²) in [6.45, 7) is 5.42. The highest BCUT2D eigenvalue weighted by Gasteiger charge is 2.26. The van der Waals surface area contributed by atoms with Crippen LogP contribution in [0, 0.1) is 23.5 Å². The molecule has 1 aliphatic heterocycles. The molecule has 27 heavy (non-hydrogen) atoms. The number of rotatable bonds is 7. The second-order valence-electron chi connectivity index (χ2n) is 7.59. The minimum atomic E-state index is -0.885. The minimum absolute atomic E-state index is 0.0256. The number of allylic oxidation sites excluding steroid dienone is 4. The van der Waals surface area contributed by atoms with Crippen molar-refractivity contribution in [3.05, 3.63) is 53.4 Å². The van der Waals surface area contributed by atoms with E-state index in [1.54, 1.807) is 0 Å². The van der Waals surface area contributed by atoms with Gasteiger partial charge in [0.05, 0.1) is 6.61 Å². The first-order valence-corrected chi connectivity index (χ1v) is 9.91. The van der Waals surface area contributed by atoms with Crippen molar-refractivity contribution >= 4 is 0 Å². The van der Waals surface area contributed by atoms with Gasteiger partial charge in [-0.3, -0.25) is 0 Å². The third kappa shape index (κ3) is 5.38.